The molecule has 0 aliphatic rings. The van der Waals surface area contributed by atoms with Gasteiger partial charge >= 0.3 is 0 Å². The van der Waals surface area contributed by atoms with Crippen molar-refractivity contribution in [2.45, 2.75) is 18.9 Å². The monoisotopic (exact) mass is 312 g/mol. The smallest absolute Gasteiger partial charge is 0.105 e. The normalized spacial score (nSPS) is 11.4. The van der Waals surface area contributed by atoms with Crippen molar-refractivity contribution in [1.82, 2.24) is 0 Å². The molecule has 0 aromatic heterocycles. The van der Waals surface area contributed by atoms with Crippen molar-refractivity contribution < 1.29 is 5.11 Å². The van der Waals surface area contributed by atoms with Crippen molar-refractivity contribution in [3.05, 3.63) is 107 Å². The van der Waals surface area contributed by atoms with E-state index in [1.165, 1.54) is 5.56 Å². The maximum atomic E-state index is 10.6. The Morgan fingerprint density at radius 2 is 1.38 bits per heavy atom. The van der Waals surface area contributed by atoms with Gasteiger partial charge in [0.05, 0.1) is 0 Å². The number of aliphatic hydroxyl groups is 1. The van der Waals surface area contributed by atoms with Crippen LogP contribution in [0.4, 0.5) is 0 Å². The standard InChI is InChI=1S/C23H20O/c24-23(21-16-5-2-6-17-21)22-18-10-9-15-20(22)14-8-7-13-19-11-3-1-4-12-19/h1-6,9-12,15-18,23-24H,7,13H2. The van der Waals surface area contributed by atoms with Gasteiger partial charge in [0.25, 0.3) is 0 Å². The summed E-state index contributed by atoms with van der Waals surface area (Å²) in [5, 5.41) is 10.6. The first kappa shape index (κ1) is 16.1. The van der Waals surface area contributed by atoms with Crippen molar-refractivity contribution in [2.24, 2.45) is 0 Å². The quantitative estimate of drug-likeness (QED) is 0.689. The lowest BCUT2D eigenvalue weighted by molar-refractivity contribution is 0.220. The molecule has 0 radical (unpaired) electrons. The Morgan fingerprint density at radius 3 is 2.12 bits per heavy atom. The van der Waals surface area contributed by atoms with Crippen molar-refractivity contribution in [1.29, 1.82) is 0 Å². The van der Waals surface area contributed by atoms with Gasteiger partial charge < -0.3 is 5.11 Å². The zero-order valence-corrected chi connectivity index (χ0v) is 13.5. The third kappa shape index (κ3) is 4.13. The van der Waals surface area contributed by atoms with E-state index in [1.54, 1.807) is 0 Å². The van der Waals surface area contributed by atoms with E-state index in [9.17, 15) is 5.11 Å². The van der Waals surface area contributed by atoms with Crippen LogP contribution in [0.3, 0.4) is 0 Å². The first-order valence-electron chi connectivity index (χ1n) is 8.19. The Kier molecular flexibility index (Phi) is 5.45. The maximum Gasteiger partial charge on any atom is 0.105 e. The number of hydrogen-bond acceptors (Lipinski definition) is 1. The van der Waals surface area contributed by atoms with Gasteiger partial charge in [-0.15, -0.1) is 0 Å². The number of aliphatic hydroxyl groups excluding tert-OH is 1. The molecular formula is C23H20O. The summed E-state index contributed by atoms with van der Waals surface area (Å²) in [6.07, 6.45) is 1.10. The van der Waals surface area contributed by atoms with Crippen LogP contribution in [0.2, 0.25) is 0 Å². The topological polar surface area (TPSA) is 20.2 Å². The van der Waals surface area contributed by atoms with E-state index in [0.717, 1.165) is 29.5 Å². The fourth-order valence-corrected chi connectivity index (χ4v) is 2.67. The van der Waals surface area contributed by atoms with Crippen molar-refractivity contribution in [2.75, 3.05) is 0 Å². The Hall–Kier alpha value is -2.82. The third-order valence-corrected chi connectivity index (χ3v) is 3.98. The highest BCUT2D eigenvalue weighted by Crippen LogP contribution is 2.24. The minimum absolute atomic E-state index is 0.647. The van der Waals surface area contributed by atoms with Gasteiger partial charge in [0.2, 0.25) is 0 Å². The van der Waals surface area contributed by atoms with E-state index < -0.39 is 6.10 Å². The van der Waals surface area contributed by atoms with E-state index in [0.29, 0.717) is 0 Å². The predicted octanol–water partition coefficient (Wildman–Crippen LogP) is 4.75. The minimum atomic E-state index is -0.647. The molecule has 0 fully saturated rings. The summed E-state index contributed by atoms with van der Waals surface area (Å²) in [5.41, 5.74) is 3.93. The molecule has 3 aromatic rings. The average Bonchev–Trinajstić information content (AvgIpc) is 2.66. The third-order valence-electron chi connectivity index (χ3n) is 3.98. The molecule has 0 saturated carbocycles. The molecule has 1 N–H and O–H groups in total. The van der Waals surface area contributed by atoms with Crippen LogP contribution in [-0.2, 0) is 6.42 Å². The summed E-state index contributed by atoms with van der Waals surface area (Å²) in [7, 11) is 0. The molecule has 24 heavy (non-hydrogen) atoms. The second kappa shape index (κ2) is 8.15. The van der Waals surface area contributed by atoms with Crippen LogP contribution in [0.25, 0.3) is 0 Å². The van der Waals surface area contributed by atoms with Crippen LogP contribution in [0.15, 0.2) is 84.9 Å². The Bertz CT molecular complexity index is 826. The number of hydrogen-bond donors (Lipinski definition) is 1. The van der Waals surface area contributed by atoms with Crippen LogP contribution >= 0.6 is 0 Å². The van der Waals surface area contributed by atoms with Crippen LogP contribution in [0.1, 0.15) is 34.8 Å². The Labute approximate surface area is 143 Å². The van der Waals surface area contributed by atoms with E-state index in [1.807, 2.05) is 72.8 Å². The van der Waals surface area contributed by atoms with Gasteiger partial charge in [0.15, 0.2) is 0 Å². The molecule has 0 aliphatic heterocycles. The Balaban J connectivity index is 1.74. The van der Waals surface area contributed by atoms with Gasteiger partial charge in [-0.1, -0.05) is 90.7 Å². The van der Waals surface area contributed by atoms with Crippen LogP contribution < -0.4 is 0 Å². The SMILES string of the molecule is OC(c1ccccc1)c1ccccc1C#CCCc1ccccc1. The first-order chi connectivity index (χ1) is 11.8. The van der Waals surface area contributed by atoms with Gasteiger partial charge in [0.1, 0.15) is 6.10 Å². The van der Waals surface area contributed by atoms with Crippen LogP contribution in [0, 0.1) is 11.8 Å². The molecular weight excluding hydrogens is 292 g/mol. The van der Waals surface area contributed by atoms with Crippen molar-refractivity contribution in [3.63, 3.8) is 0 Å². The second-order valence-electron chi connectivity index (χ2n) is 5.69. The van der Waals surface area contributed by atoms with E-state index in [-0.39, 0.29) is 0 Å². The summed E-state index contributed by atoms with van der Waals surface area (Å²) in [5.74, 6) is 6.46. The zero-order valence-electron chi connectivity index (χ0n) is 13.5. The Morgan fingerprint density at radius 1 is 0.750 bits per heavy atom. The molecule has 0 amide bonds. The minimum Gasteiger partial charge on any atom is -0.384 e. The van der Waals surface area contributed by atoms with Gasteiger partial charge in [-0.3, -0.25) is 0 Å². The highest BCUT2D eigenvalue weighted by molar-refractivity contribution is 5.45. The van der Waals surface area contributed by atoms with Gasteiger partial charge in [-0.2, -0.15) is 0 Å². The molecule has 0 saturated heterocycles. The first-order valence-corrected chi connectivity index (χ1v) is 8.19. The summed E-state index contributed by atoms with van der Waals surface area (Å²) in [6, 6.07) is 27.9. The van der Waals surface area contributed by atoms with Crippen LogP contribution in [0.5, 0.6) is 0 Å². The van der Waals surface area contributed by atoms with Gasteiger partial charge in [0, 0.05) is 17.5 Å². The lowest BCUT2D eigenvalue weighted by Gasteiger charge is -2.13. The van der Waals surface area contributed by atoms with E-state index >= 15 is 0 Å². The molecule has 0 heterocycles. The second-order valence-corrected chi connectivity index (χ2v) is 5.69. The molecule has 1 nitrogen and oxygen atoms in total. The van der Waals surface area contributed by atoms with Gasteiger partial charge in [-0.05, 0) is 23.6 Å². The molecule has 1 heteroatoms. The van der Waals surface area contributed by atoms with Crippen LogP contribution in [-0.4, -0.2) is 5.11 Å². The number of benzene rings is 3. The maximum absolute atomic E-state index is 10.6. The highest BCUT2D eigenvalue weighted by atomic mass is 16.3. The molecule has 118 valence electrons. The molecule has 0 bridgehead atoms. The predicted molar refractivity (Wildman–Crippen MR) is 98.6 cm³/mol. The summed E-state index contributed by atoms with van der Waals surface area (Å²) in [6.45, 7) is 0. The molecule has 1 unspecified atom stereocenters. The average molecular weight is 312 g/mol. The summed E-state index contributed by atoms with van der Waals surface area (Å²) >= 11 is 0. The molecule has 3 rings (SSSR count). The van der Waals surface area contributed by atoms with Crippen molar-refractivity contribution >= 4 is 0 Å². The molecule has 0 spiro atoms. The molecule has 3 aromatic carbocycles. The summed E-state index contributed by atoms with van der Waals surface area (Å²) in [4.78, 5) is 0. The van der Waals surface area contributed by atoms with Crippen molar-refractivity contribution in [3.8, 4) is 11.8 Å². The fourth-order valence-electron chi connectivity index (χ4n) is 2.67. The van der Waals surface area contributed by atoms with Gasteiger partial charge in [-0.25, -0.2) is 0 Å². The fraction of sp³-hybridized carbons (Fsp3) is 0.130. The summed E-state index contributed by atoms with van der Waals surface area (Å²) < 4.78 is 0. The lowest BCUT2D eigenvalue weighted by Crippen LogP contribution is -2.01. The zero-order chi connectivity index (χ0) is 16.6. The highest BCUT2D eigenvalue weighted by Gasteiger charge is 2.12. The number of rotatable bonds is 4. The van der Waals surface area contributed by atoms with E-state index in [4.69, 9.17) is 0 Å². The largest absolute Gasteiger partial charge is 0.384 e. The van der Waals surface area contributed by atoms with E-state index in [2.05, 4.69) is 24.0 Å². The molecule has 0 aliphatic carbocycles. The molecule has 1 atom stereocenters. The number of aryl methyl sites for hydroxylation is 1. The lowest BCUT2D eigenvalue weighted by atomic mass is 9.97.